The number of aromatic nitrogens is 1. The first kappa shape index (κ1) is 24.7. The number of carbonyl (C=O) groups excluding carboxylic acids is 3. The lowest BCUT2D eigenvalue weighted by molar-refractivity contribution is -0.248. The molecule has 0 saturated heterocycles. The zero-order valence-electron chi connectivity index (χ0n) is 21.2. The number of nitrogens with zero attached hydrogens (tertiary/aromatic N) is 1. The molecule has 4 fully saturated rings. The van der Waals surface area contributed by atoms with E-state index in [1.165, 1.54) is 6.20 Å². The smallest absolute Gasteiger partial charge is 0.339 e. The normalized spacial score (nSPS) is 44.6. The van der Waals surface area contributed by atoms with Gasteiger partial charge in [-0.15, -0.1) is 0 Å². The molecular formula is C29H35NO7. The van der Waals surface area contributed by atoms with Crippen LogP contribution in [0.5, 0.6) is 0 Å². The number of esters is 2. The first-order valence-electron chi connectivity index (χ1n) is 13.6. The number of hydrogen-bond donors (Lipinski definition) is 2. The van der Waals surface area contributed by atoms with Crippen LogP contribution in [-0.4, -0.2) is 57.3 Å². The first-order chi connectivity index (χ1) is 17.7. The SMILES string of the molecule is CC12CCC3C(CCC4(O)CC(OC(=O)c5cccnc5)CCC34C=O)C1(O)CCC2C1=CC(=O)OC1. The molecule has 37 heavy (non-hydrogen) atoms. The van der Waals surface area contributed by atoms with Gasteiger partial charge in [0.25, 0.3) is 0 Å². The molecule has 5 aliphatic rings. The Morgan fingerprint density at radius 1 is 1.14 bits per heavy atom. The Morgan fingerprint density at radius 2 is 1.95 bits per heavy atom. The van der Waals surface area contributed by atoms with E-state index in [2.05, 4.69) is 11.9 Å². The zero-order chi connectivity index (χ0) is 26.1. The highest BCUT2D eigenvalue weighted by Gasteiger charge is 2.71. The lowest BCUT2D eigenvalue weighted by Gasteiger charge is -2.65. The van der Waals surface area contributed by atoms with Crippen molar-refractivity contribution in [2.75, 3.05) is 6.61 Å². The van der Waals surface area contributed by atoms with E-state index in [4.69, 9.17) is 9.47 Å². The van der Waals surface area contributed by atoms with Crippen LogP contribution in [0, 0.1) is 28.6 Å². The summed E-state index contributed by atoms with van der Waals surface area (Å²) in [4.78, 5) is 41.3. The average molecular weight is 510 g/mol. The molecule has 1 aromatic rings. The molecule has 8 unspecified atom stereocenters. The van der Waals surface area contributed by atoms with Gasteiger partial charge in [-0.25, -0.2) is 9.59 Å². The molecule has 198 valence electrons. The summed E-state index contributed by atoms with van der Waals surface area (Å²) < 4.78 is 10.9. The highest BCUT2D eigenvalue weighted by Crippen LogP contribution is 2.70. The van der Waals surface area contributed by atoms with Crippen molar-refractivity contribution in [2.45, 2.75) is 82.0 Å². The molecule has 0 amide bonds. The van der Waals surface area contributed by atoms with Crippen LogP contribution in [0.15, 0.2) is 36.2 Å². The number of ether oxygens (including phenoxy) is 2. The van der Waals surface area contributed by atoms with E-state index in [9.17, 15) is 24.6 Å². The fourth-order valence-electron chi connectivity index (χ4n) is 9.12. The number of hydrogen-bond acceptors (Lipinski definition) is 8. The van der Waals surface area contributed by atoms with E-state index in [-0.39, 0.29) is 30.1 Å². The van der Waals surface area contributed by atoms with Gasteiger partial charge in [-0.2, -0.15) is 0 Å². The number of pyridine rings is 1. The van der Waals surface area contributed by atoms with Gasteiger partial charge < -0.3 is 24.5 Å². The minimum Gasteiger partial charge on any atom is -0.459 e. The van der Waals surface area contributed by atoms with Crippen LogP contribution in [0.2, 0.25) is 0 Å². The second kappa shape index (κ2) is 8.46. The summed E-state index contributed by atoms with van der Waals surface area (Å²) in [5.74, 6) is -0.981. The lowest BCUT2D eigenvalue weighted by atomic mass is 9.41. The third-order valence-electron chi connectivity index (χ3n) is 11.0. The third-order valence-corrected chi connectivity index (χ3v) is 11.0. The van der Waals surface area contributed by atoms with E-state index >= 15 is 0 Å². The molecule has 6 rings (SSSR count). The minimum atomic E-state index is -1.29. The van der Waals surface area contributed by atoms with Crippen LogP contribution in [0.25, 0.3) is 0 Å². The standard InChI is InChI=1S/C29H35NO7/c1-26-8-5-22-23(29(26,35)11-7-21(26)19-13-24(32)36-16-19)6-10-28(34)14-20(4-9-27(22,28)17-31)37-25(33)18-3-2-12-30-15-18/h2-3,12-13,15,17,20-23,34-35H,4-11,14,16H2,1H3. The quantitative estimate of drug-likeness (QED) is 0.469. The Morgan fingerprint density at radius 3 is 2.65 bits per heavy atom. The molecule has 0 radical (unpaired) electrons. The molecule has 0 spiro atoms. The predicted octanol–water partition coefficient (Wildman–Crippen LogP) is 3.16. The van der Waals surface area contributed by atoms with Crippen LogP contribution >= 0.6 is 0 Å². The molecular weight excluding hydrogens is 474 g/mol. The summed E-state index contributed by atoms with van der Waals surface area (Å²) in [6.07, 6.45) is 10.0. The number of rotatable bonds is 4. The van der Waals surface area contributed by atoms with Gasteiger partial charge in [0.2, 0.25) is 0 Å². The topological polar surface area (TPSA) is 123 Å². The predicted molar refractivity (Wildman–Crippen MR) is 131 cm³/mol. The van der Waals surface area contributed by atoms with E-state index in [1.54, 1.807) is 24.4 Å². The second-order valence-electron chi connectivity index (χ2n) is 12.3. The van der Waals surface area contributed by atoms with Crippen molar-refractivity contribution >= 4 is 18.2 Å². The van der Waals surface area contributed by atoms with Crippen molar-refractivity contribution in [3.8, 4) is 0 Å². The minimum absolute atomic E-state index is 0.0699. The summed E-state index contributed by atoms with van der Waals surface area (Å²) >= 11 is 0. The van der Waals surface area contributed by atoms with Gasteiger partial charge in [0.1, 0.15) is 19.0 Å². The maximum absolute atomic E-state index is 12.9. The van der Waals surface area contributed by atoms with Crippen molar-refractivity contribution in [2.24, 2.45) is 28.6 Å². The third kappa shape index (κ3) is 3.41. The largest absolute Gasteiger partial charge is 0.459 e. The summed E-state index contributed by atoms with van der Waals surface area (Å²) in [6, 6.07) is 3.32. The van der Waals surface area contributed by atoms with Gasteiger partial charge in [-0.05, 0) is 86.8 Å². The molecule has 8 nitrogen and oxygen atoms in total. The Labute approximate surface area is 216 Å². The summed E-state index contributed by atoms with van der Waals surface area (Å²) in [5.41, 5.74) is -2.33. The first-order valence-corrected chi connectivity index (χ1v) is 13.6. The van der Waals surface area contributed by atoms with Gasteiger partial charge in [-0.3, -0.25) is 4.98 Å². The van der Waals surface area contributed by atoms with Crippen LogP contribution < -0.4 is 0 Å². The van der Waals surface area contributed by atoms with Crippen LogP contribution in [-0.2, 0) is 19.1 Å². The van der Waals surface area contributed by atoms with Gasteiger partial charge in [-0.1, -0.05) is 6.92 Å². The van der Waals surface area contributed by atoms with Gasteiger partial charge >= 0.3 is 11.9 Å². The van der Waals surface area contributed by atoms with Crippen molar-refractivity contribution in [3.05, 3.63) is 41.7 Å². The fraction of sp³-hybridized carbons (Fsp3) is 0.655. The van der Waals surface area contributed by atoms with Crippen LogP contribution in [0.4, 0.5) is 0 Å². The molecule has 8 atom stereocenters. The molecule has 2 N–H and O–H groups in total. The number of carbonyl (C=O) groups is 3. The van der Waals surface area contributed by atoms with Gasteiger partial charge in [0.15, 0.2) is 0 Å². The van der Waals surface area contributed by atoms with E-state index in [0.29, 0.717) is 50.7 Å². The van der Waals surface area contributed by atoms with Gasteiger partial charge in [0.05, 0.1) is 22.2 Å². The Bertz CT molecular complexity index is 1150. The number of cyclic esters (lactones) is 1. The lowest BCUT2D eigenvalue weighted by Crippen LogP contribution is -2.69. The Kier molecular flexibility index (Phi) is 5.66. The van der Waals surface area contributed by atoms with Crippen molar-refractivity contribution in [1.29, 1.82) is 0 Å². The molecule has 4 aliphatic carbocycles. The van der Waals surface area contributed by atoms with E-state index in [0.717, 1.165) is 24.7 Å². The van der Waals surface area contributed by atoms with E-state index in [1.807, 2.05) is 0 Å². The average Bonchev–Trinajstić information content (AvgIpc) is 3.43. The fourth-order valence-corrected chi connectivity index (χ4v) is 9.12. The zero-order valence-corrected chi connectivity index (χ0v) is 21.2. The number of fused-ring (bicyclic) bond motifs is 5. The van der Waals surface area contributed by atoms with Crippen molar-refractivity contribution < 1.29 is 34.1 Å². The molecule has 4 saturated carbocycles. The van der Waals surface area contributed by atoms with Crippen molar-refractivity contribution in [1.82, 2.24) is 4.98 Å². The van der Waals surface area contributed by atoms with E-state index < -0.39 is 34.1 Å². The van der Waals surface area contributed by atoms with Crippen LogP contribution in [0.3, 0.4) is 0 Å². The number of aliphatic hydroxyl groups is 2. The molecule has 2 heterocycles. The Balaban J connectivity index is 1.25. The van der Waals surface area contributed by atoms with Crippen molar-refractivity contribution in [3.63, 3.8) is 0 Å². The summed E-state index contributed by atoms with van der Waals surface area (Å²) in [6.45, 7) is 2.42. The summed E-state index contributed by atoms with van der Waals surface area (Å²) in [5, 5.41) is 24.3. The molecule has 8 heteroatoms. The second-order valence-corrected chi connectivity index (χ2v) is 12.3. The summed E-state index contributed by atoms with van der Waals surface area (Å²) in [7, 11) is 0. The Hall–Kier alpha value is -2.58. The monoisotopic (exact) mass is 509 g/mol. The highest BCUT2D eigenvalue weighted by atomic mass is 16.5. The van der Waals surface area contributed by atoms with Gasteiger partial charge in [0, 0.05) is 30.3 Å². The maximum Gasteiger partial charge on any atom is 0.339 e. The molecule has 0 aromatic carbocycles. The maximum atomic E-state index is 12.9. The number of aldehydes is 1. The molecule has 1 aliphatic heterocycles. The van der Waals surface area contributed by atoms with Crippen LogP contribution in [0.1, 0.15) is 75.1 Å². The molecule has 0 bridgehead atoms. The molecule has 1 aromatic heterocycles. The highest BCUT2D eigenvalue weighted by molar-refractivity contribution is 5.89.